The van der Waals surface area contributed by atoms with Gasteiger partial charge in [0.1, 0.15) is 46.5 Å². The minimum atomic E-state index is -3.57. The van der Waals surface area contributed by atoms with Crippen LogP contribution in [0.25, 0.3) is 11.1 Å². The number of aliphatic carboxylic acids is 2. The van der Waals surface area contributed by atoms with Crippen LogP contribution < -0.4 is 29.6 Å². The lowest BCUT2D eigenvalue weighted by Gasteiger charge is -2.24. The van der Waals surface area contributed by atoms with Gasteiger partial charge in [-0.25, -0.2) is 16.8 Å². The monoisotopic (exact) mass is 1120 g/mol. The first-order valence-corrected chi connectivity index (χ1v) is 28.2. The second-order valence-corrected chi connectivity index (χ2v) is 23.8. The van der Waals surface area contributed by atoms with Gasteiger partial charge in [-0.3, -0.25) is 30.2 Å². The molecular weight excluding hydrogens is 1070 g/mol. The Morgan fingerprint density at radius 2 is 1.03 bits per heavy atom. The second kappa shape index (κ2) is 22.6. The quantitative estimate of drug-likeness (QED) is 0.0417. The maximum Gasteiger partial charge on any atom is 0.326 e. The van der Waals surface area contributed by atoms with Crippen molar-refractivity contribution in [2.24, 2.45) is 0 Å². The number of aliphatic hydroxyl groups excluding tert-OH is 2. The highest BCUT2D eigenvalue weighted by atomic mass is 35.5. The molecule has 6 aromatic rings. The predicted molar refractivity (Wildman–Crippen MR) is 277 cm³/mol. The molecule has 20 nitrogen and oxygen atoms in total. The zero-order valence-electron chi connectivity index (χ0n) is 41.5. The van der Waals surface area contributed by atoms with Crippen LogP contribution >= 0.6 is 23.2 Å². The number of carboxylic acid groups (broad SMARTS) is 2. The molecule has 0 saturated heterocycles. The summed E-state index contributed by atoms with van der Waals surface area (Å²) in [5.74, 6) is -2.44. The average Bonchev–Trinajstić information content (AvgIpc) is 4.01. The molecule has 0 bridgehead atoms. The number of ether oxygens (including phenoxy) is 4. The number of pyridine rings is 4. The Bertz CT molecular complexity index is 3220. The molecule has 0 aliphatic heterocycles. The number of nitrogens with one attached hydrogen (secondary N) is 2. The molecule has 0 amide bonds. The van der Waals surface area contributed by atoms with Crippen LogP contribution in [0.4, 0.5) is 0 Å². The first-order valence-electron chi connectivity index (χ1n) is 23.7. The smallest absolute Gasteiger partial charge is 0.326 e. The Morgan fingerprint density at radius 1 is 0.632 bits per heavy atom. The minimum Gasteiger partial charge on any atom is -0.480 e. The van der Waals surface area contributed by atoms with Crippen molar-refractivity contribution >= 4 is 54.8 Å². The molecule has 0 fully saturated rings. The summed E-state index contributed by atoms with van der Waals surface area (Å²) >= 11 is 13.7. The van der Waals surface area contributed by atoms with Gasteiger partial charge in [0.05, 0.1) is 23.0 Å². The van der Waals surface area contributed by atoms with Crippen molar-refractivity contribution < 1.29 is 65.8 Å². The number of sulfone groups is 2. The Morgan fingerprint density at radius 3 is 1.38 bits per heavy atom. The zero-order valence-corrected chi connectivity index (χ0v) is 44.7. The van der Waals surface area contributed by atoms with E-state index in [1.165, 1.54) is 62.9 Å². The molecule has 2 aliphatic rings. The van der Waals surface area contributed by atoms with Gasteiger partial charge < -0.3 is 39.4 Å². The minimum absolute atomic E-state index is 0.00509. The number of aromatic nitrogens is 4. The Kier molecular flexibility index (Phi) is 16.6. The maximum atomic E-state index is 12.2. The molecule has 2 unspecified atom stereocenters. The van der Waals surface area contributed by atoms with Crippen LogP contribution in [-0.4, -0.2) is 106 Å². The van der Waals surface area contributed by atoms with Crippen LogP contribution in [0.1, 0.15) is 83.4 Å². The van der Waals surface area contributed by atoms with Gasteiger partial charge in [0.2, 0.25) is 23.5 Å². The Balaban J connectivity index is 1.05. The molecule has 2 aliphatic carbocycles. The van der Waals surface area contributed by atoms with Gasteiger partial charge in [-0.05, 0) is 97.2 Å². The van der Waals surface area contributed by atoms with Crippen molar-refractivity contribution in [1.82, 2.24) is 30.6 Å². The van der Waals surface area contributed by atoms with Crippen molar-refractivity contribution in [3.05, 3.63) is 140 Å². The van der Waals surface area contributed by atoms with Crippen LogP contribution in [-0.2, 0) is 68.4 Å². The molecule has 8 rings (SSSR count). The summed E-state index contributed by atoms with van der Waals surface area (Å²) in [7, 11) is -7.15. The number of carboxylic acids is 2. The lowest BCUT2D eigenvalue weighted by Crippen LogP contribution is -2.52. The lowest BCUT2D eigenvalue weighted by molar-refractivity contribution is -0.146. The van der Waals surface area contributed by atoms with Gasteiger partial charge >= 0.3 is 11.9 Å². The molecule has 4 aromatic heterocycles. The molecule has 402 valence electrons. The van der Waals surface area contributed by atoms with Crippen LogP contribution in [0.2, 0.25) is 10.0 Å². The molecule has 76 heavy (non-hydrogen) atoms. The number of carbonyl (C=O) groups is 2. The lowest BCUT2D eigenvalue weighted by atomic mass is 9.91. The van der Waals surface area contributed by atoms with Gasteiger partial charge in [0, 0.05) is 72.6 Å². The molecule has 4 atom stereocenters. The van der Waals surface area contributed by atoms with E-state index in [0.29, 0.717) is 47.9 Å². The topological polar surface area (TPSA) is 296 Å². The molecule has 2 aromatic carbocycles. The number of fused-ring (bicyclic) bond motifs is 2. The van der Waals surface area contributed by atoms with Crippen molar-refractivity contribution in [2.75, 3.05) is 25.7 Å². The highest BCUT2D eigenvalue weighted by Gasteiger charge is 2.36. The normalized spacial score (nSPS) is 16.7. The molecule has 4 heterocycles. The van der Waals surface area contributed by atoms with Crippen molar-refractivity contribution in [2.45, 2.75) is 98.9 Å². The molecule has 0 radical (unpaired) electrons. The van der Waals surface area contributed by atoms with Gasteiger partial charge in [0.15, 0.2) is 19.7 Å². The number of aliphatic hydroxyl groups is 2. The van der Waals surface area contributed by atoms with Crippen LogP contribution in [0, 0.1) is 0 Å². The zero-order chi connectivity index (χ0) is 54.7. The summed E-state index contributed by atoms with van der Waals surface area (Å²) in [6.07, 6.45) is 8.92. The summed E-state index contributed by atoms with van der Waals surface area (Å²) in [4.78, 5) is 41.4. The van der Waals surface area contributed by atoms with Crippen molar-refractivity contribution in [3.63, 3.8) is 0 Å². The summed E-state index contributed by atoms with van der Waals surface area (Å²) in [5, 5.41) is 45.2. The number of halogens is 2. The third kappa shape index (κ3) is 12.3. The van der Waals surface area contributed by atoms with Crippen molar-refractivity contribution in [3.8, 4) is 34.6 Å². The largest absolute Gasteiger partial charge is 0.480 e. The molecule has 0 spiro atoms. The standard InChI is InChI=1S/C52H54Cl2N6O14S2/c1-51(27-61,49(63)64)57-21-31-17-41(53)47(59-45(31)71-25-29-15-33(23-55-19-29)75(3,67)68)73-43-13-11-37-35(7-5-9-39(37)43)36-8-6-10-40-38(36)12-14-44(40)74-48-42(54)18-32(22-58-52(2,28-62)50(65)66)46(60-48)72-26-30-16-34(24-56-20-30)76(4,69)70/h5-10,15-20,23-24,43-44,57-58,61-62H,11-14,21-22,25-28H2,1-4H3,(H,63,64)(H,65,66)/t43-,44-,51?,52?/m0/s1. The maximum absolute atomic E-state index is 12.2. The first-order chi connectivity index (χ1) is 36.0. The molecule has 24 heteroatoms. The SMILES string of the molecule is CC(CO)(NCc1cc(Cl)c(O[C@H]2CCc3c(-c4cccc5c4CC[C@@H]5Oc4nc(OCc5cncc(S(C)(=O)=O)c5)c(CNC(C)(CO)C(=O)O)cc4Cl)cccc32)nc1OCc1cncc(S(C)(=O)=O)c1)C(=O)O. The van der Waals surface area contributed by atoms with E-state index in [2.05, 4.69) is 42.7 Å². The summed E-state index contributed by atoms with van der Waals surface area (Å²) in [6.45, 7) is 0.625. The van der Waals surface area contributed by atoms with Gasteiger partial charge in [0.25, 0.3) is 0 Å². The number of nitrogens with zero attached hydrogens (tertiary/aromatic N) is 4. The van der Waals surface area contributed by atoms with Gasteiger partial charge in [-0.15, -0.1) is 0 Å². The first kappa shape index (κ1) is 55.7. The summed E-state index contributed by atoms with van der Waals surface area (Å²) < 4.78 is 74.4. The van der Waals surface area contributed by atoms with E-state index in [9.17, 15) is 46.9 Å². The fourth-order valence-electron chi connectivity index (χ4n) is 8.68. The van der Waals surface area contributed by atoms with Crippen LogP contribution in [0.3, 0.4) is 0 Å². The number of hydrogen-bond donors (Lipinski definition) is 6. The highest BCUT2D eigenvalue weighted by molar-refractivity contribution is 7.91. The number of rotatable bonds is 23. The molecule has 6 N–H and O–H groups in total. The fraction of sp³-hybridized carbons (Fsp3) is 0.346. The second-order valence-electron chi connectivity index (χ2n) is 19.0. The van der Waals surface area contributed by atoms with E-state index in [4.69, 9.17) is 42.1 Å². The van der Waals surface area contributed by atoms with E-state index in [1.807, 2.05) is 24.3 Å². The van der Waals surface area contributed by atoms with Gasteiger partial charge in [-0.1, -0.05) is 59.6 Å². The average molecular weight is 1120 g/mol. The van der Waals surface area contributed by atoms with E-state index >= 15 is 0 Å². The van der Waals surface area contributed by atoms with Crippen molar-refractivity contribution in [1.29, 1.82) is 0 Å². The Labute approximate surface area is 448 Å². The predicted octanol–water partition coefficient (Wildman–Crippen LogP) is 6.19. The summed E-state index contributed by atoms with van der Waals surface area (Å²) in [5.41, 5.74) is 4.03. The number of benzene rings is 2. The van der Waals surface area contributed by atoms with E-state index in [1.54, 1.807) is 0 Å². The molecular formula is C52H54Cl2N6O14S2. The van der Waals surface area contributed by atoms with E-state index < -0.39 is 68.1 Å². The van der Waals surface area contributed by atoms with Crippen LogP contribution in [0.5, 0.6) is 23.5 Å². The molecule has 0 saturated carbocycles. The van der Waals surface area contributed by atoms with E-state index in [-0.39, 0.29) is 69.7 Å². The summed E-state index contributed by atoms with van der Waals surface area (Å²) in [6, 6.07) is 17.9. The van der Waals surface area contributed by atoms with Gasteiger partial charge in [-0.2, -0.15) is 9.97 Å². The Hall–Kier alpha value is -6.50. The third-order valence-corrected chi connectivity index (χ3v) is 16.0. The van der Waals surface area contributed by atoms with E-state index in [0.717, 1.165) is 45.9 Å². The number of hydrogen-bond acceptors (Lipinski definition) is 18. The highest BCUT2D eigenvalue weighted by Crippen LogP contribution is 2.46. The fourth-order valence-corrected chi connectivity index (χ4v) is 10.4. The third-order valence-electron chi connectivity index (χ3n) is 13.3. The van der Waals surface area contributed by atoms with Crippen LogP contribution in [0.15, 0.2) is 95.2 Å².